The number of carbonyl (C=O) groups excluding carboxylic acids is 3. The van der Waals surface area contributed by atoms with Gasteiger partial charge in [-0.2, -0.15) is 11.3 Å². The molecule has 0 aliphatic rings. The molecule has 24 heavy (non-hydrogen) atoms. The summed E-state index contributed by atoms with van der Waals surface area (Å²) < 4.78 is 5.02. The Kier molecular flexibility index (Phi) is 6.69. The maximum Gasteiger partial charge on any atom is 0.310 e. The van der Waals surface area contributed by atoms with Crippen LogP contribution in [0.1, 0.15) is 28.4 Å². The van der Waals surface area contributed by atoms with Crippen LogP contribution in [0.3, 0.4) is 0 Å². The van der Waals surface area contributed by atoms with E-state index in [0.717, 1.165) is 11.1 Å². The van der Waals surface area contributed by atoms with Gasteiger partial charge in [0.1, 0.15) is 0 Å². The number of ether oxygens (including phenoxy) is 1. The molecule has 1 N–H and O–H groups in total. The number of benzene rings is 1. The molecule has 1 aromatic carbocycles. The molecule has 0 fully saturated rings. The maximum atomic E-state index is 12.0. The van der Waals surface area contributed by atoms with Crippen molar-refractivity contribution >= 4 is 29.0 Å². The van der Waals surface area contributed by atoms with E-state index >= 15 is 0 Å². The second-order valence-corrected chi connectivity index (χ2v) is 6.10. The smallest absolute Gasteiger partial charge is 0.310 e. The van der Waals surface area contributed by atoms with Gasteiger partial charge in [-0.15, -0.1) is 0 Å². The van der Waals surface area contributed by atoms with Crippen LogP contribution in [0.15, 0.2) is 41.1 Å². The van der Waals surface area contributed by atoms with Gasteiger partial charge < -0.3 is 10.1 Å². The summed E-state index contributed by atoms with van der Waals surface area (Å²) in [4.78, 5) is 34.5. The number of hydrogen-bond acceptors (Lipinski definition) is 5. The van der Waals surface area contributed by atoms with Crippen molar-refractivity contribution in [3.8, 4) is 0 Å². The molecule has 1 heterocycles. The highest BCUT2D eigenvalue weighted by Gasteiger charge is 2.11. The molecule has 2 rings (SSSR count). The Hall–Kier alpha value is -2.47. The van der Waals surface area contributed by atoms with Gasteiger partial charge in [-0.05, 0) is 34.4 Å². The van der Waals surface area contributed by atoms with Crippen LogP contribution in [0, 0.1) is 0 Å². The normalized spacial score (nSPS) is 10.2. The lowest BCUT2D eigenvalue weighted by Gasteiger charge is -2.06. The van der Waals surface area contributed by atoms with Gasteiger partial charge in [0.2, 0.25) is 5.91 Å². The molecule has 0 atom stereocenters. The summed E-state index contributed by atoms with van der Waals surface area (Å²) in [6, 6.07) is 8.94. The second-order valence-electron chi connectivity index (χ2n) is 5.32. The highest BCUT2D eigenvalue weighted by molar-refractivity contribution is 7.07. The molecule has 0 aliphatic heterocycles. The van der Waals surface area contributed by atoms with Crippen molar-refractivity contribution < 1.29 is 19.1 Å². The van der Waals surface area contributed by atoms with Crippen molar-refractivity contribution in [1.29, 1.82) is 0 Å². The monoisotopic (exact) mass is 345 g/mol. The Labute approximate surface area is 144 Å². The standard InChI is InChI=1S/C18H19NO4S/c1-13(20)19-8-6-14-2-4-16(5-3-14)17(21)11-23-18(22)10-15-7-9-24-12-15/h2-5,7,9,12H,6,8,10-11H2,1H3,(H,19,20). The number of Topliss-reactive ketones (excluding diaryl/α,β-unsaturated/α-hetero) is 1. The fraction of sp³-hybridized carbons (Fsp3) is 0.278. The van der Waals surface area contributed by atoms with Crippen LogP contribution in [-0.4, -0.2) is 30.8 Å². The molecule has 5 nitrogen and oxygen atoms in total. The van der Waals surface area contributed by atoms with E-state index in [1.54, 1.807) is 12.1 Å². The third-order valence-corrected chi connectivity index (χ3v) is 4.09. The lowest BCUT2D eigenvalue weighted by Crippen LogP contribution is -2.22. The van der Waals surface area contributed by atoms with Crippen molar-refractivity contribution in [1.82, 2.24) is 5.32 Å². The number of carbonyl (C=O) groups is 3. The van der Waals surface area contributed by atoms with Crippen LogP contribution in [0.5, 0.6) is 0 Å². The van der Waals surface area contributed by atoms with Crippen LogP contribution in [-0.2, 0) is 27.2 Å². The zero-order chi connectivity index (χ0) is 17.4. The largest absolute Gasteiger partial charge is 0.457 e. The third kappa shape index (κ3) is 5.96. The van der Waals surface area contributed by atoms with Gasteiger partial charge in [0.15, 0.2) is 12.4 Å². The molecule has 126 valence electrons. The fourth-order valence-corrected chi connectivity index (χ4v) is 2.75. The number of amides is 1. The summed E-state index contributed by atoms with van der Waals surface area (Å²) in [7, 11) is 0. The maximum absolute atomic E-state index is 12.0. The molecule has 0 radical (unpaired) electrons. The van der Waals surface area contributed by atoms with E-state index in [9.17, 15) is 14.4 Å². The SMILES string of the molecule is CC(=O)NCCc1ccc(C(=O)COC(=O)Cc2ccsc2)cc1. The number of ketones is 1. The first-order chi connectivity index (χ1) is 11.5. The van der Waals surface area contributed by atoms with Gasteiger partial charge in [0, 0.05) is 19.0 Å². The Balaban J connectivity index is 1.77. The highest BCUT2D eigenvalue weighted by atomic mass is 32.1. The summed E-state index contributed by atoms with van der Waals surface area (Å²) in [5, 5.41) is 6.49. The molecule has 0 unspecified atom stereocenters. The summed E-state index contributed by atoms with van der Waals surface area (Å²) in [6.07, 6.45) is 0.878. The zero-order valence-electron chi connectivity index (χ0n) is 13.4. The van der Waals surface area contributed by atoms with Crippen LogP contribution in [0.4, 0.5) is 0 Å². The van der Waals surface area contributed by atoms with Crippen LogP contribution >= 0.6 is 11.3 Å². The van der Waals surface area contributed by atoms with E-state index in [1.807, 2.05) is 29.0 Å². The highest BCUT2D eigenvalue weighted by Crippen LogP contribution is 2.09. The minimum absolute atomic E-state index is 0.0638. The van der Waals surface area contributed by atoms with Crippen molar-refractivity contribution in [2.24, 2.45) is 0 Å². The summed E-state index contributed by atoms with van der Waals surface area (Å²) >= 11 is 1.51. The first kappa shape index (κ1) is 17.9. The zero-order valence-corrected chi connectivity index (χ0v) is 14.2. The average molecular weight is 345 g/mol. The molecule has 2 aromatic rings. The minimum atomic E-state index is -0.409. The number of nitrogens with one attached hydrogen (secondary N) is 1. The number of rotatable bonds is 8. The molecule has 1 aromatic heterocycles. The predicted octanol–water partition coefficient (Wildman–Crippen LogP) is 2.40. The first-order valence-corrected chi connectivity index (χ1v) is 8.52. The fourth-order valence-electron chi connectivity index (χ4n) is 2.08. The van der Waals surface area contributed by atoms with Crippen molar-refractivity contribution in [2.45, 2.75) is 19.8 Å². The van der Waals surface area contributed by atoms with Crippen LogP contribution in [0.25, 0.3) is 0 Å². The van der Waals surface area contributed by atoms with Gasteiger partial charge in [-0.3, -0.25) is 14.4 Å². The van der Waals surface area contributed by atoms with Gasteiger partial charge in [0.25, 0.3) is 0 Å². The average Bonchev–Trinajstić information content (AvgIpc) is 3.06. The third-order valence-electron chi connectivity index (χ3n) is 3.36. The summed E-state index contributed by atoms with van der Waals surface area (Å²) in [5.74, 6) is -0.707. The lowest BCUT2D eigenvalue weighted by molar-refractivity contribution is -0.141. The van der Waals surface area contributed by atoms with Gasteiger partial charge >= 0.3 is 5.97 Å². The van der Waals surface area contributed by atoms with Crippen molar-refractivity contribution in [3.63, 3.8) is 0 Å². The Morgan fingerprint density at radius 3 is 2.46 bits per heavy atom. The molecule has 0 aliphatic carbocycles. The van der Waals surface area contributed by atoms with E-state index in [2.05, 4.69) is 5.32 Å². The molecular formula is C18H19NO4S. The lowest BCUT2D eigenvalue weighted by atomic mass is 10.1. The van der Waals surface area contributed by atoms with E-state index in [0.29, 0.717) is 18.5 Å². The Bertz CT molecular complexity index is 692. The molecule has 0 saturated heterocycles. The Morgan fingerprint density at radius 2 is 1.83 bits per heavy atom. The van der Waals surface area contributed by atoms with Crippen molar-refractivity contribution in [2.75, 3.05) is 13.2 Å². The summed E-state index contributed by atoms with van der Waals surface area (Å²) in [6.45, 7) is 1.78. The van der Waals surface area contributed by atoms with Crippen LogP contribution in [0.2, 0.25) is 0 Å². The summed E-state index contributed by atoms with van der Waals surface area (Å²) in [5.41, 5.74) is 2.41. The number of esters is 1. The number of hydrogen-bond donors (Lipinski definition) is 1. The first-order valence-electron chi connectivity index (χ1n) is 7.58. The van der Waals surface area contributed by atoms with Gasteiger partial charge in [-0.25, -0.2) is 0 Å². The molecule has 0 bridgehead atoms. The van der Waals surface area contributed by atoms with E-state index < -0.39 is 5.97 Å². The molecule has 6 heteroatoms. The van der Waals surface area contributed by atoms with Gasteiger partial charge in [-0.1, -0.05) is 24.3 Å². The van der Waals surface area contributed by atoms with E-state index in [4.69, 9.17) is 4.74 Å². The minimum Gasteiger partial charge on any atom is -0.457 e. The second kappa shape index (κ2) is 8.98. The van der Waals surface area contributed by atoms with Crippen LogP contribution < -0.4 is 5.32 Å². The molecule has 0 saturated carbocycles. The van der Waals surface area contributed by atoms with E-state index in [-0.39, 0.29) is 24.7 Å². The van der Waals surface area contributed by atoms with Gasteiger partial charge in [0.05, 0.1) is 6.42 Å². The van der Waals surface area contributed by atoms with E-state index in [1.165, 1.54) is 18.3 Å². The Morgan fingerprint density at radius 1 is 1.08 bits per heavy atom. The quantitative estimate of drug-likeness (QED) is 0.589. The predicted molar refractivity (Wildman–Crippen MR) is 92.1 cm³/mol. The molecular weight excluding hydrogens is 326 g/mol. The topological polar surface area (TPSA) is 72.5 Å². The number of thiophene rings is 1. The molecule has 1 amide bonds. The molecule has 0 spiro atoms. The van der Waals surface area contributed by atoms with Crippen molar-refractivity contribution in [3.05, 3.63) is 57.8 Å².